The molecule has 0 unspecified atom stereocenters. The highest BCUT2D eigenvalue weighted by molar-refractivity contribution is 5.87. The Morgan fingerprint density at radius 2 is 1.44 bits per heavy atom. The molecule has 1 aliphatic heterocycles. The first-order valence-electron chi connectivity index (χ1n) is 10.9. The van der Waals surface area contributed by atoms with Gasteiger partial charge in [0.15, 0.2) is 0 Å². The van der Waals surface area contributed by atoms with Gasteiger partial charge in [-0.1, -0.05) is 91.0 Å². The predicted octanol–water partition coefficient (Wildman–Crippen LogP) is 5.29. The molecule has 1 fully saturated rings. The zero-order valence-corrected chi connectivity index (χ0v) is 17.6. The van der Waals surface area contributed by atoms with E-state index in [4.69, 9.17) is 4.74 Å². The predicted molar refractivity (Wildman–Crippen MR) is 124 cm³/mol. The van der Waals surface area contributed by atoms with Crippen molar-refractivity contribution in [2.45, 2.75) is 11.5 Å². The highest BCUT2D eigenvalue weighted by Crippen LogP contribution is 2.44. The van der Waals surface area contributed by atoms with Crippen LogP contribution in [0.5, 0.6) is 0 Å². The summed E-state index contributed by atoms with van der Waals surface area (Å²) in [6, 6.07) is 30.5. The number of rotatable bonds is 3. The van der Waals surface area contributed by atoms with E-state index < -0.39 is 5.60 Å². The molecule has 4 aromatic carbocycles. The first-order chi connectivity index (χ1) is 15.6. The number of hydrogen-bond donors (Lipinski definition) is 1. The number of β-amino-alcohol motifs (C(OH)–C–C–N with tert-alkyl or cyclic N) is 1. The number of carbonyl (C=O) groups excluding carboxylic acids is 1. The lowest BCUT2D eigenvalue weighted by Crippen LogP contribution is -2.61. The highest BCUT2D eigenvalue weighted by atomic mass is 16.6. The number of carbonyl (C=O) groups is 1. The van der Waals surface area contributed by atoms with Crippen LogP contribution in [0, 0.1) is 0 Å². The minimum absolute atomic E-state index is 0.0320. The average molecular weight is 421 g/mol. The number of amides is 1. The molecule has 158 valence electrons. The van der Waals surface area contributed by atoms with E-state index in [0.717, 1.165) is 16.3 Å². The monoisotopic (exact) mass is 421 g/mol. The molecule has 0 spiro atoms. The molecule has 1 N–H and O–H groups in total. The number of nitrogens with zero attached hydrogens (tertiary/aromatic N) is 1. The van der Waals surface area contributed by atoms with Gasteiger partial charge < -0.3 is 14.7 Å². The number of ether oxygens (including phenoxy) is 1. The van der Waals surface area contributed by atoms with E-state index in [1.54, 1.807) is 4.90 Å². The van der Waals surface area contributed by atoms with Crippen molar-refractivity contribution in [1.29, 1.82) is 0 Å². The molecule has 0 bridgehead atoms. The van der Waals surface area contributed by atoms with Crippen LogP contribution in [0.1, 0.15) is 22.6 Å². The van der Waals surface area contributed by atoms with E-state index in [-0.39, 0.29) is 31.7 Å². The van der Waals surface area contributed by atoms with Crippen LogP contribution in [0.4, 0.5) is 4.79 Å². The molecule has 1 saturated heterocycles. The Bertz CT molecular complexity index is 1290. The minimum atomic E-state index is -1.05. The lowest BCUT2D eigenvalue weighted by atomic mass is 9.83. The van der Waals surface area contributed by atoms with E-state index >= 15 is 0 Å². The molecule has 0 atom stereocenters. The van der Waals surface area contributed by atoms with Crippen molar-refractivity contribution in [2.24, 2.45) is 0 Å². The van der Waals surface area contributed by atoms with Crippen molar-refractivity contribution < 1.29 is 14.6 Å². The van der Waals surface area contributed by atoms with Gasteiger partial charge in [-0.2, -0.15) is 0 Å². The highest BCUT2D eigenvalue weighted by Gasteiger charge is 2.46. The third-order valence-electron chi connectivity index (χ3n) is 6.79. The molecular weight excluding hydrogens is 398 g/mol. The summed E-state index contributed by atoms with van der Waals surface area (Å²) in [6.07, 6.45) is -0.378. The summed E-state index contributed by atoms with van der Waals surface area (Å²) < 4.78 is 5.74. The fraction of sp³-hybridized carbons (Fsp3) is 0.179. The molecule has 1 aliphatic carbocycles. The lowest BCUT2D eigenvalue weighted by molar-refractivity contribution is -0.0933. The molecule has 0 aromatic heterocycles. The Kier molecular flexibility index (Phi) is 4.30. The number of hydrogen-bond acceptors (Lipinski definition) is 3. The van der Waals surface area contributed by atoms with Crippen molar-refractivity contribution in [1.82, 2.24) is 4.90 Å². The van der Waals surface area contributed by atoms with Gasteiger partial charge in [0.1, 0.15) is 12.2 Å². The first kappa shape index (κ1) is 19.1. The maximum absolute atomic E-state index is 12.8. The Morgan fingerprint density at radius 1 is 0.844 bits per heavy atom. The van der Waals surface area contributed by atoms with Crippen molar-refractivity contribution in [2.75, 3.05) is 19.7 Å². The standard InChI is InChI=1S/C28H23NO3/c30-27(29-17-28(31,18-29)26-15-7-9-19-8-1-2-10-20(19)26)32-16-25-23-13-5-3-11-21(23)22-12-4-6-14-24(22)25/h1-15,25,31H,16-18H2. The molecule has 2 aliphatic rings. The summed E-state index contributed by atoms with van der Waals surface area (Å²) in [5, 5.41) is 13.3. The van der Waals surface area contributed by atoms with Crippen LogP contribution in [0.2, 0.25) is 0 Å². The van der Waals surface area contributed by atoms with Crippen LogP contribution in [0.3, 0.4) is 0 Å². The Balaban J connectivity index is 1.17. The minimum Gasteiger partial charge on any atom is -0.448 e. The van der Waals surface area contributed by atoms with Gasteiger partial charge in [-0.05, 0) is 38.6 Å². The van der Waals surface area contributed by atoms with Crippen LogP contribution >= 0.6 is 0 Å². The summed E-state index contributed by atoms with van der Waals surface area (Å²) >= 11 is 0. The third-order valence-corrected chi connectivity index (χ3v) is 6.79. The van der Waals surface area contributed by atoms with Crippen LogP contribution in [0.25, 0.3) is 21.9 Å². The van der Waals surface area contributed by atoms with E-state index in [1.807, 2.05) is 66.7 Å². The van der Waals surface area contributed by atoms with Crippen LogP contribution in [0.15, 0.2) is 91.0 Å². The zero-order chi connectivity index (χ0) is 21.7. The second kappa shape index (κ2) is 7.21. The fourth-order valence-corrected chi connectivity index (χ4v) is 5.20. The molecule has 1 amide bonds. The number of fused-ring (bicyclic) bond motifs is 4. The maximum atomic E-state index is 12.8. The van der Waals surface area contributed by atoms with E-state index in [0.29, 0.717) is 0 Å². The first-order valence-corrected chi connectivity index (χ1v) is 10.9. The SMILES string of the molecule is O=C(OCC1c2ccccc2-c2ccccc21)N1CC(O)(c2cccc3ccccc23)C1. The number of benzene rings is 4. The molecule has 0 saturated carbocycles. The topological polar surface area (TPSA) is 49.8 Å². The Labute approximate surface area is 186 Å². The Morgan fingerprint density at radius 3 is 2.16 bits per heavy atom. The second-order valence-corrected chi connectivity index (χ2v) is 8.72. The summed E-state index contributed by atoms with van der Waals surface area (Å²) in [6.45, 7) is 0.755. The quantitative estimate of drug-likeness (QED) is 0.489. The number of likely N-dealkylation sites (tertiary alicyclic amines) is 1. The summed E-state index contributed by atoms with van der Waals surface area (Å²) in [5.74, 6) is 0.0320. The van der Waals surface area contributed by atoms with Crippen molar-refractivity contribution in [3.63, 3.8) is 0 Å². The zero-order valence-electron chi connectivity index (χ0n) is 17.6. The van der Waals surface area contributed by atoms with E-state index in [2.05, 4.69) is 24.3 Å². The molecule has 6 rings (SSSR count). The third kappa shape index (κ3) is 2.91. The molecule has 0 radical (unpaired) electrons. The largest absolute Gasteiger partial charge is 0.448 e. The van der Waals surface area contributed by atoms with Gasteiger partial charge >= 0.3 is 6.09 Å². The molecule has 4 heteroatoms. The molecule has 4 aromatic rings. The van der Waals surface area contributed by atoms with Gasteiger partial charge in [0.2, 0.25) is 0 Å². The van der Waals surface area contributed by atoms with Gasteiger partial charge in [0.25, 0.3) is 0 Å². The molecule has 1 heterocycles. The van der Waals surface area contributed by atoms with Crippen LogP contribution in [-0.4, -0.2) is 35.8 Å². The van der Waals surface area contributed by atoms with Crippen molar-refractivity contribution in [3.8, 4) is 11.1 Å². The molecule has 4 nitrogen and oxygen atoms in total. The normalized spacial score (nSPS) is 16.3. The van der Waals surface area contributed by atoms with Gasteiger partial charge in [-0.15, -0.1) is 0 Å². The average Bonchev–Trinajstić information content (AvgIpc) is 3.14. The fourth-order valence-electron chi connectivity index (χ4n) is 5.20. The number of aliphatic hydroxyl groups is 1. The summed E-state index contributed by atoms with van der Waals surface area (Å²) in [7, 11) is 0. The summed E-state index contributed by atoms with van der Waals surface area (Å²) in [5.41, 5.74) is 4.61. The van der Waals surface area contributed by atoms with E-state index in [9.17, 15) is 9.90 Å². The Hall–Kier alpha value is -3.63. The van der Waals surface area contributed by atoms with E-state index in [1.165, 1.54) is 22.3 Å². The molecular formula is C28H23NO3. The lowest BCUT2D eigenvalue weighted by Gasteiger charge is -2.46. The van der Waals surface area contributed by atoms with Gasteiger partial charge in [0.05, 0.1) is 13.1 Å². The van der Waals surface area contributed by atoms with Gasteiger partial charge in [-0.3, -0.25) is 0 Å². The van der Waals surface area contributed by atoms with Gasteiger partial charge in [-0.25, -0.2) is 4.79 Å². The van der Waals surface area contributed by atoms with Crippen molar-refractivity contribution in [3.05, 3.63) is 108 Å². The van der Waals surface area contributed by atoms with Gasteiger partial charge in [0, 0.05) is 5.92 Å². The van der Waals surface area contributed by atoms with Crippen LogP contribution in [-0.2, 0) is 10.3 Å². The smallest absolute Gasteiger partial charge is 0.410 e. The second-order valence-electron chi connectivity index (χ2n) is 8.72. The van der Waals surface area contributed by atoms with Crippen LogP contribution < -0.4 is 0 Å². The molecule has 32 heavy (non-hydrogen) atoms. The van der Waals surface area contributed by atoms with Crippen molar-refractivity contribution >= 4 is 16.9 Å². The maximum Gasteiger partial charge on any atom is 0.410 e. The summed E-state index contributed by atoms with van der Waals surface area (Å²) in [4.78, 5) is 14.4.